The molecule has 2 unspecified atom stereocenters. The van der Waals surface area contributed by atoms with Crippen LogP contribution in [0.4, 0.5) is 0 Å². The van der Waals surface area contributed by atoms with Crippen molar-refractivity contribution in [2.75, 3.05) is 13.2 Å². The van der Waals surface area contributed by atoms with Crippen LogP contribution in [0.1, 0.15) is 438 Å². The quantitative estimate of drug-likeness (QED) is 0.0320. The Morgan fingerprint density at radius 2 is 0.561 bits per heavy atom. The van der Waals surface area contributed by atoms with Gasteiger partial charge in [0.25, 0.3) is 0 Å². The summed E-state index contributed by atoms with van der Waals surface area (Å²) >= 11 is 0. The third kappa shape index (κ3) is 67.7. The van der Waals surface area contributed by atoms with Gasteiger partial charge in [0.2, 0.25) is 5.91 Å². The Hall–Kier alpha value is -1.40. The molecule has 3 N–H and O–H groups in total. The summed E-state index contributed by atoms with van der Waals surface area (Å²) in [6, 6.07) is -0.625. The third-order valence-electron chi connectivity index (χ3n) is 18.1. The molecule has 0 aliphatic carbocycles. The summed E-state index contributed by atoms with van der Waals surface area (Å²) in [5.41, 5.74) is 0. The molecule has 0 fully saturated rings. The maximum atomic E-state index is 12.5. The van der Waals surface area contributed by atoms with E-state index >= 15 is 0 Å². The van der Waals surface area contributed by atoms with Crippen molar-refractivity contribution < 1.29 is 24.5 Å². The lowest BCUT2D eigenvalue weighted by molar-refractivity contribution is -0.143. The van der Waals surface area contributed by atoms with E-state index in [0.717, 1.165) is 38.5 Å². The fourth-order valence-corrected chi connectivity index (χ4v) is 12.3. The Balaban J connectivity index is 3.34. The summed E-state index contributed by atoms with van der Waals surface area (Å²) in [5, 5.41) is 23.3. The fourth-order valence-electron chi connectivity index (χ4n) is 12.3. The lowest BCUT2D eigenvalue weighted by atomic mass is 10.0. The highest BCUT2D eigenvalue weighted by Crippen LogP contribution is 2.20. The Kier molecular flexibility index (Phi) is 70.8. The maximum absolute atomic E-state index is 12.5. The van der Waals surface area contributed by atoms with Crippen LogP contribution in [0, 0.1) is 0 Å². The van der Waals surface area contributed by atoms with Gasteiger partial charge in [0.1, 0.15) is 0 Å². The van der Waals surface area contributed by atoms with Crippen molar-refractivity contribution in [3.05, 3.63) is 12.2 Å². The molecule has 0 bridgehead atoms. The minimum atomic E-state index is -0.842. The highest BCUT2D eigenvalue weighted by molar-refractivity contribution is 5.76. The number of hydrogen-bond acceptors (Lipinski definition) is 5. The summed E-state index contributed by atoms with van der Waals surface area (Å²) in [6.07, 6.45) is 90.3. The number of esters is 1. The number of rotatable bonds is 72. The predicted molar refractivity (Wildman–Crippen MR) is 361 cm³/mol. The standard InChI is InChI=1S/C76H149NO5/c1-3-5-7-9-11-13-15-17-19-21-22-34-37-40-44-48-52-56-60-64-68-74(79)73(72-78)77-75(80)69-65-61-57-53-49-45-41-38-35-32-30-28-26-24-23-25-27-29-31-33-36-39-43-47-51-55-59-63-67-71-82-76(81)70-66-62-58-54-50-46-42-20-18-16-14-12-10-8-6-4-2/h64,68,73-74,78-79H,3-63,65-67,69-72H2,1-2H3,(H,77,80)/b68-64+. The van der Waals surface area contributed by atoms with Gasteiger partial charge in [-0.05, 0) is 32.1 Å². The molecule has 6 heteroatoms. The number of ether oxygens (including phenoxy) is 1. The van der Waals surface area contributed by atoms with Crippen LogP contribution < -0.4 is 5.32 Å². The summed E-state index contributed by atoms with van der Waals surface area (Å²) < 4.78 is 5.51. The van der Waals surface area contributed by atoms with Crippen molar-refractivity contribution in [2.24, 2.45) is 0 Å². The minimum Gasteiger partial charge on any atom is -0.466 e. The average molecular weight is 1160 g/mol. The van der Waals surface area contributed by atoms with E-state index in [1.807, 2.05) is 6.08 Å². The molecule has 0 rings (SSSR count). The molecule has 0 aliphatic heterocycles. The summed E-state index contributed by atoms with van der Waals surface area (Å²) in [4.78, 5) is 24.6. The van der Waals surface area contributed by atoms with Crippen LogP contribution in [0.3, 0.4) is 0 Å². The number of carbonyl (C=O) groups is 2. The number of amides is 1. The van der Waals surface area contributed by atoms with Gasteiger partial charge < -0.3 is 20.3 Å². The zero-order chi connectivity index (χ0) is 59.2. The van der Waals surface area contributed by atoms with Gasteiger partial charge in [-0.25, -0.2) is 0 Å². The number of aliphatic hydroxyl groups is 2. The van der Waals surface area contributed by atoms with Crippen molar-refractivity contribution in [1.82, 2.24) is 5.32 Å². The van der Waals surface area contributed by atoms with Gasteiger partial charge >= 0.3 is 5.97 Å². The van der Waals surface area contributed by atoms with Crippen LogP contribution in [-0.2, 0) is 14.3 Å². The highest BCUT2D eigenvalue weighted by Gasteiger charge is 2.18. The van der Waals surface area contributed by atoms with Gasteiger partial charge in [0.05, 0.1) is 25.4 Å². The van der Waals surface area contributed by atoms with Crippen molar-refractivity contribution in [3.8, 4) is 0 Å². The number of carbonyl (C=O) groups excluding carboxylic acids is 2. The number of hydrogen-bond donors (Lipinski definition) is 3. The molecule has 0 heterocycles. The van der Waals surface area contributed by atoms with Gasteiger partial charge in [-0.2, -0.15) is 0 Å². The molecule has 0 radical (unpaired) electrons. The van der Waals surface area contributed by atoms with Gasteiger partial charge in [-0.15, -0.1) is 0 Å². The van der Waals surface area contributed by atoms with E-state index in [4.69, 9.17) is 4.74 Å². The molecule has 0 saturated heterocycles. The first-order chi connectivity index (χ1) is 40.5. The van der Waals surface area contributed by atoms with Crippen molar-refractivity contribution >= 4 is 11.9 Å². The monoisotopic (exact) mass is 1160 g/mol. The molecule has 0 saturated carbocycles. The van der Waals surface area contributed by atoms with E-state index in [2.05, 4.69) is 19.2 Å². The van der Waals surface area contributed by atoms with Crippen molar-refractivity contribution in [2.45, 2.75) is 450 Å². The Morgan fingerprint density at radius 1 is 0.329 bits per heavy atom. The van der Waals surface area contributed by atoms with Gasteiger partial charge in [-0.3, -0.25) is 9.59 Å². The summed E-state index contributed by atoms with van der Waals surface area (Å²) in [6.45, 7) is 4.96. The van der Waals surface area contributed by atoms with E-state index in [0.29, 0.717) is 19.4 Å². The number of allylic oxidation sites excluding steroid dienone is 1. The van der Waals surface area contributed by atoms with E-state index in [1.165, 1.54) is 372 Å². The third-order valence-corrected chi connectivity index (χ3v) is 18.1. The zero-order valence-corrected chi connectivity index (χ0v) is 56.0. The molecule has 1 amide bonds. The van der Waals surface area contributed by atoms with Crippen molar-refractivity contribution in [1.29, 1.82) is 0 Å². The highest BCUT2D eigenvalue weighted by atomic mass is 16.5. The second kappa shape index (κ2) is 72.1. The van der Waals surface area contributed by atoms with Crippen molar-refractivity contribution in [3.63, 3.8) is 0 Å². The molecule has 82 heavy (non-hydrogen) atoms. The van der Waals surface area contributed by atoms with E-state index in [9.17, 15) is 19.8 Å². The molecule has 0 aromatic rings. The SMILES string of the molecule is CCCCCCCCCCCCCCCCCCCC/C=C/C(O)C(CO)NC(=O)CCCCCCCCCCCCCCCCCCCCCCCCCCCCCCCOC(=O)CCCCCCCCCCCCCCCCCC. The fraction of sp³-hybridized carbons (Fsp3) is 0.947. The smallest absolute Gasteiger partial charge is 0.305 e. The number of aliphatic hydroxyl groups excluding tert-OH is 2. The van der Waals surface area contributed by atoms with E-state index in [-0.39, 0.29) is 18.5 Å². The first-order valence-electron chi connectivity index (χ1n) is 38.0. The lowest BCUT2D eigenvalue weighted by Gasteiger charge is -2.20. The van der Waals surface area contributed by atoms with E-state index < -0.39 is 12.1 Å². The molecular weight excluding hydrogens is 1010 g/mol. The van der Waals surface area contributed by atoms with Gasteiger partial charge in [0.15, 0.2) is 0 Å². The zero-order valence-electron chi connectivity index (χ0n) is 56.0. The molecule has 0 aromatic heterocycles. The Labute approximate surface area is 514 Å². The molecule has 6 nitrogen and oxygen atoms in total. The van der Waals surface area contributed by atoms with Gasteiger partial charge in [-0.1, -0.05) is 405 Å². The van der Waals surface area contributed by atoms with Crippen LogP contribution in [-0.4, -0.2) is 47.4 Å². The first-order valence-corrected chi connectivity index (χ1v) is 38.0. The molecule has 0 aromatic carbocycles. The Bertz CT molecular complexity index is 1240. The maximum Gasteiger partial charge on any atom is 0.305 e. The lowest BCUT2D eigenvalue weighted by Crippen LogP contribution is -2.45. The molecule has 488 valence electrons. The van der Waals surface area contributed by atoms with Crippen LogP contribution >= 0.6 is 0 Å². The van der Waals surface area contributed by atoms with Crippen LogP contribution in [0.5, 0.6) is 0 Å². The first kappa shape index (κ1) is 80.6. The molecular formula is C76H149NO5. The second-order valence-electron chi connectivity index (χ2n) is 26.4. The Morgan fingerprint density at radius 3 is 0.829 bits per heavy atom. The van der Waals surface area contributed by atoms with Crippen LogP contribution in [0.15, 0.2) is 12.2 Å². The number of unbranched alkanes of at least 4 members (excludes halogenated alkanes) is 61. The van der Waals surface area contributed by atoms with Gasteiger partial charge in [0, 0.05) is 12.8 Å². The average Bonchev–Trinajstić information content (AvgIpc) is 3.48. The normalized spacial score (nSPS) is 12.5. The van der Waals surface area contributed by atoms with Crippen LogP contribution in [0.2, 0.25) is 0 Å². The predicted octanol–water partition coefficient (Wildman–Crippen LogP) is 24.7. The molecule has 0 aliphatic rings. The topological polar surface area (TPSA) is 95.9 Å². The largest absolute Gasteiger partial charge is 0.466 e. The number of nitrogens with one attached hydrogen (secondary N) is 1. The van der Waals surface area contributed by atoms with E-state index in [1.54, 1.807) is 6.08 Å². The molecule has 2 atom stereocenters. The van der Waals surface area contributed by atoms with Crippen LogP contribution in [0.25, 0.3) is 0 Å². The second-order valence-corrected chi connectivity index (χ2v) is 26.4. The molecule has 0 spiro atoms. The summed E-state index contributed by atoms with van der Waals surface area (Å²) in [5.74, 6) is -0.0358. The summed E-state index contributed by atoms with van der Waals surface area (Å²) in [7, 11) is 0. The minimum absolute atomic E-state index is 0.0238.